The summed E-state index contributed by atoms with van der Waals surface area (Å²) in [4.78, 5) is 23.5. The number of carbonyl (C=O) groups is 2. The molecular formula is C17H28N4O2. The van der Waals surface area contributed by atoms with Gasteiger partial charge in [0.25, 0.3) is 5.91 Å². The fourth-order valence-electron chi connectivity index (χ4n) is 1.71. The Balaban J connectivity index is 0.00000232. The van der Waals surface area contributed by atoms with Gasteiger partial charge in [0, 0.05) is 5.92 Å². The summed E-state index contributed by atoms with van der Waals surface area (Å²) in [6.45, 7) is 7.86. The van der Waals surface area contributed by atoms with E-state index in [-0.39, 0.29) is 35.8 Å². The van der Waals surface area contributed by atoms with Crippen LogP contribution in [0.25, 0.3) is 0 Å². The zero-order chi connectivity index (χ0) is 18.0. The highest BCUT2D eigenvalue weighted by Gasteiger charge is 2.29. The third-order valence-corrected chi connectivity index (χ3v) is 3.06. The smallest absolute Gasteiger partial charge is 0.268 e. The second kappa shape index (κ2) is 10.3. The summed E-state index contributed by atoms with van der Waals surface area (Å²) in [6.07, 6.45) is 8.39. The van der Waals surface area contributed by atoms with Gasteiger partial charge in [-0.05, 0) is 30.4 Å². The first-order chi connectivity index (χ1) is 10.9. The van der Waals surface area contributed by atoms with Gasteiger partial charge in [0.15, 0.2) is 0 Å². The lowest BCUT2D eigenvalue weighted by atomic mass is 10.00. The minimum absolute atomic E-state index is 0.0297. The molecule has 0 aliphatic heterocycles. The first-order valence-corrected chi connectivity index (χ1v) is 7.86. The van der Waals surface area contributed by atoms with Gasteiger partial charge in [-0.15, -0.1) is 6.42 Å². The van der Waals surface area contributed by atoms with Gasteiger partial charge in [-0.25, -0.2) is 0 Å². The third kappa shape index (κ3) is 7.41. The minimum atomic E-state index is -0.450. The van der Waals surface area contributed by atoms with Crippen molar-refractivity contribution in [3.63, 3.8) is 0 Å². The Labute approximate surface area is 138 Å². The fourth-order valence-corrected chi connectivity index (χ4v) is 1.71. The van der Waals surface area contributed by atoms with Crippen molar-refractivity contribution >= 4 is 11.8 Å². The van der Waals surface area contributed by atoms with Crippen LogP contribution in [0.5, 0.6) is 0 Å². The van der Waals surface area contributed by atoms with Crippen molar-refractivity contribution in [3.8, 4) is 12.3 Å². The fraction of sp³-hybridized carbons (Fsp3) is 0.529. The van der Waals surface area contributed by atoms with Crippen molar-refractivity contribution in [2.75, 3.05) is 6.54 Å². The molecule has 2 amide bonds. The summed E-state index contributed by atoms with van der Waals surface area (Å²) in [7, 11) is 0. The highest BCUT2D eigenvalue weighted by Crippen LogP contribution is 2.28. The molecule has 0 saturated heterocycles. The summed E-state index contributed by atoms with van der Waals surface area (Å²) >= 11 is 0. The molecule has 0 heterocycles. The zero-order valence-electron chi connectivity index (χ0n) is 14.4. The normalized spacial score (nSPS) is 14.9. The lowest BCUT2D eigenvalue weighted by Gasteiger charge is -2.13. The molecule has 6 heteroatoms. The maximum atomic E-state index is 11.8. The van der Waals surface area contributed by atoms with Crippen LogP contribution in [0.15, 0.2) is 23.2 Å². The maximum absolute atomic E-state index is 11.8. The van der Waals surface area contributed by atoms with Gasteiger partial charge >= 0.3 is 0 Å². The second-order valence-electron chi connectivity index (χ2n) is 5.27. The molecule has 1 rings (SSSR count). The summed E-state index contributed by atoms with van der Waals surface area (Å²) < 4.78 is 0. The van der Waals surface area contributed by atoms with Crippen LogP contribution in [0, 0.1) is 24.2 Å². The third-order valence-electron chi connectivity index (χ3n) is 3.06. The molecule has 6 N–H and O–H groups in total. The molecule has 1 fully saturated rings. The van der Waals surface area contributed by atoms with Crippen LogP contribution in [0.3, 0.4) is 0 Å². The van der Waals surface area contributed by atoms with E-state index in [0.717, 1.165) is 12.8 Å². The molecule has 1 aliphatic carbocycles. The Morgan fingerprint density at radius 2 is 1.87 bits per heavy atom. The van der Waals surface area contributed by atoms with Gasteiger partial charge in [-0.3, -0.25) is 9.59 Å². The van der Waals surface area contributed by atoms with E-state index in [2.05, 4.69) is 16.6 Å². The average Bonchev–Trinajstić information content (AvgIpc) is 3.36. The Kier molecular flexibility index (Phi) is 9.24. The van der Waals surface area contributed by atoms with Crippen LogP contribution in [0.2, 0.25) is 0 Å². The summed E-state index contributed by atoms with van der Waals surface area (Å²) in [5.41, 5.74) is 12.2. The van der Waals surface area contributed by atoms with E-state index in [1.54, 1.807) is 0 Å². The summed E-state index contributed by atoms with van der Waals surface area (Å²) in [6, 6.07) is 0. The summed E-state index contributed by atoms with van der Waals surface area (Å²) in [5, 5.41) is 5.10. The molecule has 1 aliphatic rings. The van der Waals surface area contributed by atoms with Crippen molar-refractivity contribution in [2.24, 2.45) is 23.3 Å². The molecule has 0 aromatic carbocycles. The topological polar surface area (TPSA) is 110 Å². The van der Waals surface area contributed by atoms with Crippen LogP contribution >= 0.6 is 0 Å². The van der Waals surface area contributed by atoms with E-state index in [9.17, 15) is 9.59 Å². The molecule has 0 atom stereocenters. The molecular weight excluding hydrogens is 292 g/mol. The molecule has 0 spiro atoms. The number of nitrogens with two attached hydrogens (primary N) is 2. The van der Waals surface area contributed by atoms with Crippen molar-refractivity contribution in [1.29, 1.82) is 0 Å². The number of carbonyl (C=O) groups excluding carboxylic acids is 2. The number of allylic oxidation sites excluding steroid dienone is 2. The number of hydrogen-bond donors (Lipinski definition) is 4. The van der Waals surface area contributed by atoms with E-state index >= 15 is 0 Å². The Morgan fingerprint density at radius 1 is 1.30 bits per heavy atom. The predicted molar refractivity (Wildman–Crippen MR) is 92.4 cm³/mol. The SMILES string of the molecule is C#CCNC(=O)/C(N)=C(/C=C(\N)NC(=O)C1CC1)C(C)C.CC. The zero-order valence-corrected chi connectivity index (χ0v) is 14.4. The van der Waals surface area contributed by atoms with E-state index in [4.69, 9.17) is 17.9 Å². The van der Waals surface area contributed by atoms with E-state index < -0.39 is 5.91 Å². The Morgan fingerprint density at radius 3 is 2.30 bits per heavy atom. The van der Waals surface area contributed by atoms with Gasteiger partial charge in [0.2, 0.25) is 5.91 Å². The number of nitrogens with one attached hydrogen (secondary N) is 2. The van der Waals surface area contributed by atoms with Gasteiger partial charge < -0.3 is 22.1 Å². The van der Waals surface area contributed by atoms with Crippen molar-refractivity contribution in [3.05, 3.63) is 23.2 Å². The van der Waals surface area contributed by atoms with E-state index in [0.29, 0.717) is 5.57 Å². The largest absolute Gasteiger partial charge is 0.394 e. The molecule has 23 heavy (non-hydrogen) atoms. The van der Waals surface area contributed by atoms with Crippen LogP contribution in [0.4, 0.5) is 0 Å². The maximum Gasteiger partial charge on any atom is 0.268 e. The lowest BCUT2D eigenvalue weighted by Crippen LogP contribution is -2.32. The number of rotatable bonds is 6. The number of amides is 2. The van der Waals surface area contributed by atoms with Crippen molar-refractivity contribution < 1.29 is 9.59 Å². The van der Waals surface area contributed by atoms with Gasteiger partial charge in [0.1, 0.15) is 11.5 Å². The van der Waals surface area contributed by atoms with Gasteiger partial charge in [-0.2, -0.15) is 0 Å². The van der Waals surface area contributed by atoms with Crippen molar-refractivity contribution in [2.45, 2.75) is 40.5 Å². The van der Waals surface area contributed by atoms with E-state index in [1.807, 2.05) is 27.7 Å². The highest BCUT2D eigenvalue weighted by atomic mass is 16.2. The Hall–Kier alpha value is -2.42. The molecule has 0 unspecified atom stereocenters. The molecule has 0 radical (unpaired) electrons. The van der Waals surface area contributed by atoms with Gasteiger partial charge in [-0.1, -0.05) is 33.6 Å². The molecule has 0 bridgehead atoms. The average molecular weight is 320 g/mol. The van der Waals surface area contributed by atoms with E-state index in [1.165, 1.54) is 6.08 Å². The van der Waals surface area contributed by atoms with Crippen LogP contribution in [0.1, 0.15) is 40.5 Å². The van der Waals surface area contributed by atoms with Crippen LogP contribution in [-0.2, 0) is 9.59 Å². The molecule has 0 aromatic rings. The quantitative estimate of drug-likeness (QED) is 0.332. The first-order valence-electron chi connectivity index (χ1n) is 7.86. The van der Waals surface area contributed by atoms with Crippen molar-refractivity contribution in [1.82, 2.24) is 10.6 Å². The highest BCUT2D eigenvalue weighted by molar-refractivity contribution is 5.94. The standard InChI is InChI=1S/C15H22N4O2.C2H6/c1-4-7-18-15(21)13(17)11(9(2)3)8-12(16)19-14(20)10-5-6-10;1-2/h1,8-10H,5-7,16-17H2,2-3H3,(H,18,21)(H,19,20);1-2H3/b12-8+,13-11+;. The molecule has 1 saturated carbocycles. The Bertz CT molecular complexity index is 523. The number of hydrogen-bond acceptors (Lipinski definition) is 4. The molecule has 6 nitrogen and oxygen atoms in total. The molecule has 128 valence electrons. The second-order valence-corrected chi connectivity index (χ2v) is 5.27. The van der Waals surface area contributed by atoms with Crippen LogP contribution in [-0.4, -0.2) is 18.4 Å². The monoisotopic (exact) mass is 320 g/mol. The first kappa shape index (κ1) is 20.6. The van der Waals surface area contributed by atoms with Gasteiger partial charge in [0.05, 0.1) is 6.54 Å². The summed E-state index contributed by atoms with van der Waals surface area (Å²) in [5.74, 6) is 1.96. The number of terminal acetylenes is 1. The molecule has 0 aromatic heterocycles. The lowest BCUT2D eigenvalue weighted by molar-refractivity contribution is -0.121. The van der Waals surface area contributed by atoms with Crippen LogP contribution < -0.4 is 22.1 Å². The predicted octanol–water partition coefficient (Wildman–Crippen LogP) is 0.957. The minimum Gasteiger partial charge on any atom is -0.394 e.